The van der Waals surface area contributed by atoms with Crippen LogP contribution in [0.1, 0.15) is 27.9 Å². The molecule has 5 heteroatoms. The topological polar surface area (TPSA) is 46.5 Å². The van der Waals surface area contributed by atoms with E-state index >= 15 is 0 Å². The van der Waals surface area contributed by atoms with Crippen molar-refractivity contribution in [2.24, 2.45) is 0 Å². The average Bonchev–Trinajstić information content (AvgIpc) is 3.16. The van der Waals surface area contributed by atoms with Gasteiger partial charge in [-0.2, -0.15) is 0 Å². The highest BCUT2D eigenvalue weighted by Crippen LogP contribution is 2.16. The van der Waals surface area contributed by atoms with E-state index in [2.05, 4.69) is 60.3 Å². The second-order valence-electron chi connectivity index (χ2n) is 7.76. The van der Waals surface area contributed by atoms with Crippen LogP contribution in [0.15, 0.2) is 60.8 Å². The van der Waals surface area contributed by atoms with E-state index in [0.29, 0.717) is 19.7 Å². The van der Waals surface area contributed by atoms with E-state index in [-0.39, 0.29) is 6.03 Å². The van der Waals surface area contributed by atoms with E-state index in [9.17, 15) is 4.79 Å². The molecule has 0 fully saturated rings. The van der Waals surface area contributed by atoms with Crippen LogP contribution in [0.4, 0.5) is 10.5 Å². The molecule has 30 heavy (non-hydrogen) atoms. The molecule has 0 radical (unpaired) electrons. The lowest BCUT2D eigenvalue weighted by Crippen LogP contribution is -2.37. The monoisotopic (exact) mass is 405 g/mol. The quantitative estimate of drug-likeness (QED) is 0.564. The van der Waals surface area contributed by atoms with Crippen molar-refractivity contribution < 1.29 is 9.53 Å². The standard InChI is InChI=1S/C25H31N3O2/c1-19-7-10-22(11-8-19)17-27-13-5-6-24(27)18-28(14-15-30-4)25(29)26-23-12-9-20(2)21(3)16-23/h5-13,16H,14-15,17-18H2,1-4H3,(H,26,29). The average molecular weight is 406 g/mol. The van der Waals surface area contributed by atoms with Crippen molar-refractivity contribution in [1.29, 1.82) is 0 Å². The van der Waals surface area contributed by atoms with E-state index in [4.69, 9.17) is 4.74 Å². The normalized spacial score (nSPS) is 10.8. The Hall–Kier alpha value is -3.05. The summed E-state index contributed by atoms with van der Waals surface area (Å²) in [7, 11) is 1.65. The molecule has 2 amide bonds. The third-order valence-corrected chi connectivity index (χ3v) is 5.36. The number of carbonyl (C=O) groups is 1. The van der Waals surface area contributed by atoms with Crippen LogP contribution in [0.25, 0.3) is 0 Å². The molecular formula is C25H31N3O2. The zero-order valence-electron chi connectivity index (χ0n) is 18.3. The number of hydrogen-bond acceptors (Lipinski definition) is 2. The number of aryl methyl sites for hydroxylation is 3. The largest absolute Gasteiger partial charge is 0.383 e. The number of rotatable bonds is 8. The number of hydrogen-bond donors (Lipinski definition) is 1. The fraction of sp³-hybridized carbons (Fsp3) is 0.320. The molecule has 0 aliphatic heterocycles. The lowest BCUT2D eigenvalue weighted by atomic mass is 10.1. The number of benzene rings is 2. The van der Waals surface area contributed by atoms with Crippen LogP contribution in [0.5, 0.6) is 0 Å². The molecule has 1 aromatic heterocycles. The molecule has 3 rings (SSSR count). The minimum atomic E-state index is -0.126. The molecule has 0 atom stereocenters. The SMILES string of the molecule is COCCN(Cc1cccn1Cc1ccc(C)cc1)C(=O)Nc1ccc(C)c(C)c1. The number of anilines is 1. The van der Waals surface area contributed by atoms with Crippen molar-refractivity contribution >= 4 is 11.7 Å². The maximum Gasteiger partial charge on any atom is 0.322 e. The van der Waals surface area contributed by atoms with Gasteiger partial charge in [-0.3, -0.25) is 0 Å². The predicted molar refractivity (Wildman–Crippen MR) is 122 cm³/mol. The van der Waals surface area contributed by atoms with E-state index in [1.807, 2.05) is 31.2 Å². The summed E-state index contributed by atoms with van der Waals surface area (Å²) < 4.78 is 7.42. The third-order valence-electron chi connectivity index (χ3n) is 5.36. The first-order chi connectivity index (χ1) is 14.5. The Morgan fingerprint density at radius 1 is 1.03 bits per heavy atom. The summed E-state index contributed by atoms with van der Waals surface area (Å²) in [5, 5.41) is 3.03. The van der Waals surface area contributed by atoms with Gasteiger partial charge < -0.3 is 19.5 Å². The molecule has 1 heterocycles. The van der Waals surface area contributed by atoms with Crippen LogP contribution in [0, 0.1) is 20.8 Å². The first kappa shape index (κ1) is 21.7. The Bertz CT molecular complexity index is 976. The van der Waals surface area contributed by atoms with Crippen molar-refractivity contribution in [3.63, 3.8) is 0 Å². The van der Waals surface area contributed by atoms with Crippen LogP contribution >= 0.6 is 0 Å². The molecule has 1 N–H and O–H groups in total. The number of carbonyl (C=O) groups excluding carboxylic acids is 1. The van der Waals surface area contributed by atoms with Crippen molar-refractivity contribution in [2.45, 2.75) is 33.9 Å². The highest BCUT2D eigenvalue weighted by molar-refractivity contribution is 5.89. The predicted octanol–water partition coefficient (Wildman–Crippen LogP) is 5.14. The molecule has 158 valence electrons. The van der Waals surface area contributed by atoms with Crippen LogP contribution in [-0.2, 0) is 17.8 Å². The fourth-order valence-corrected chi connectivity index (χ4v) is 3.31. The van der Waals surface area contributed by atoms with Gasteiger partial charge in [0.2, 0.25) is 0 Å². The molecule has 5 nitrogen and oxygen atoms in total. The summed E-state index contributed by atoms with van der Waals surface area (Å²) in [4.78, 5) is 14.8. The number of ether oxygens (including phenoxy) is 1. The molecule has 0 unspecified atom stereocenters. The summed E-state index contributed by atoms with van der Waals surface area (Å²) in [5.41, 5.74) is 6.74. The van der Waals surface area contributed by atoms with Gasteiger partial charge in [0.15, 0.2) is 0 Å². The maximum atomic E-state index is 13.0. The minimum absolute atomic E-state index is 0.126. The van der Waals surface area contributed by atoms with E-state index in [1.54, 1.807) is 12.0 Å². The number of urea groups is 1. The summed E-state index contributed by atoms with van der Waals surface area (Å²) in [6.07, 6.45) is 2.06. The van der Waals surface area contributed by atoms with E-state index < -0.39 is 0 Å². The van der Waals surface area contributed by atoms with Crippen LogP contribution < -0.4 is 5.32 Å². The lowest BCUT2D eigenvalue weighted by molar-refractivity contribution is 0.152. The minimum Gasteiger partial charge on any atom is -0.383 e. The molecular weight excluding hydrogens is 374 g/mol. The van der Waals surface area contributed by atoms with Gasteiger partial charge >= 0.3 is 6.03 Å². The molecule has 0 bridgehead atoms. The Morgan fingerprint density at radius 2 is 1.80 bits per heavy atom. The van der Waals surface area contributed by atoms with Gasteiger partial charge in [-0.25, -0.2) is 4.79 Å². The van der Waals surface area contributed by atoms with Gasteiger partial charge in [-0.15, -0.1) is 0 Å². The highest BCUT2D eigenvalue weighted by atomic mass is 16.5. The van der Waals surface area contributed by atoms with Crippen LogP contribution in [0.2, 0.25) is 0 Å². The molecule has 2 aromatic carbocycles. The summed E-state index contributed by atoms with van der Waals surface area (Å²) in [6.45, 7) is 8.49. The van der Waals surface area contributed by atoms with Crippen LogP contribution in [-0.4, -0.2) is 35.8 Å². The van der Waals surface area contributed by atoms with Gasteiger partial charge in [0, 0.05) is 37.8 Å². The first-order valence-corrected chi connectivity index (χ1v) is 10.3. The molecule has 0 saturated carbocycles. The fourth-order valence-electron chi connectivity index (χ4n) is 3.31. The lowest BCUT2D eigenvalue weighted by Gasteiger charge is -2.24. The second kappa shape index (κ2) is 10.1. The van der Waals surface area contributed by atoms with Crippen molar-refractivity contribution in [1.82, 2.24) is 9.47 Å². The van der Waals surface area contributed by atoms with Crippen molar-refractivity contribution in [3.05, 3.63) is 88.7 Å². The number of amides is 2. The Balaban J connectivity index is 1.73. The number of nitrogens with one attached hydrogen (secondary N) is 1. The second-order valence-corrected chi connectivity index (χ2v) is 7.76. The molecule has 3 aromatic rings. The number of nitrogens with zero attached hydrogens (tertiary/aromatic N) is 2. The van der Waals surface area contributed by atoms with Gasteiger partial charge in [-0.05, 0) is 61.7 Å². The van der Waals surface area contributed by atoms with E-state index in [1.165, 1.54) is 16.7 Å². The number of aromatic nitrogens is 1. The zero-order valence-corrected chi connectivity index (χ0v) is 18.3. The molecule has 0 spiro atoms. The first-order valence-electron chi connectivity index (χ1n) is 10.3. The maximum absolute atomic E-state index is 13.0. The van der Waals surface area contributed by atoms with E-state index in [0.717, 1.165) is 23.5 Å². The third kappa shape index (κ3) is 5.74. The molecule has 0 saturated heterocycles. The van der Waals surface area contributed by atoms with Crippen LogP contribution in [0.3, 0.4) is 0 Å². The van der Waals surface area contributed by atoms with Crippen molar-refractivity contribution in [2.75, 3.05) is 25.6 Å². The summed E-state index contributed by atoms with van der Waals surface area (Å²) in [5.74, 6) is 0. The van der Waals surface area contributed by atoms with Crippen molar-refractivity contribution in [3.8, 4) is 0 Å². The summed E-state index contributed by atoms with van der Waals surface area (Å²) in [6, 6.07) is 18.5. The smallest absolute Gasteiger partial charge is 0.322 e. The Morgan fingerprint density at radius 3 is 2.50 bits per heavy atom. The van der Waals surface area contributed by atoms with Gasteiger partial charge in [-0.1, -0.05) is 35.9 Å². The van der Waals surface area contributed by atoms with Gasteiger partial charge in [0.1, 0.15) is 0 Å². The number of methoxy groups -OCH3 is 1. The van der Waals surface area contributed by atoms with Gasteiger partial charge in [0.25, 0.3) is 0 Å². The Kier molecular flexibility index (Phi) is 7.31. The highest BCUT2D eigenvalue weighted by Gasteiger charge is 2.16. The molecule has 0 aliphatic rings. The molecule has 0 aliphatic carbocycles. The summed E-state index contributed by atoms with van der Waals surface area (Å²) >= 11 is 0. The Labute approximate surface area is 179 Å². The van der Waals surface area contributed by atoms with Gasteiger partial charge in [0.05, 0.1) is 13.2 Å². The zero-order chi connectivity index (χ0) is 21.5.